The van der Waals surface area contributed by atoms with Crippen LogP contribution in [0.15, 0.2) is 72.0 Å². The van der Waals surface area contributed by atoms with Crippen molar-refractivity contribution in [2.45, 2.75) is 63.3 Å². The van der Waals surface area contributed by atoms with E-state index in [0.717, 1.165) is 15.2 Å². The second kappa shape index (κ2) is 12.5. The first-order chi connectivity index (χ1) is 23.0. The highest BCUT2D eigenvalue weighted by Crippen LogP contribution is 2.41. The fourth-order valence-corrected chi connectivity index (χ4v) is 7.26. The summed E-state index contributed by atoms with van der Waals surface area (Å²) in [5.41, 5.74) is 0.0356. The summed E-state index contributed by atoms with van der Waals surface area (Å²) >= 11 is 0. The zero-order valence-electron chi connectivity index (χ0n) is 27.6. The molecule has 1 atom stereocenters. The van der Waals surface area contributed by atoms with Gasteiger partial charge < -0.3 is 15.0 Å². The molecule has 11 nitrogen and oxygen atoms in total. The quantitative estimate of drug-likeness (QED) is 0.204. The molecule has 0 spiro atoms. The molecule has 0 saturated carbocycles. The maximum atomic E-state index is 14.5. The van der Waals surface area contributed by atoms with Crippen LogP contribution in [-0.2, 0) is 28.0 Å². The minimum absolute atomic E-state index is 0.0330. The van der Waals surface area contributed by atoms with Gasteiger partial charge in [-0.25, -0.2) is 27.2 Å². The van der Waals surface area contributed by atoms with Gasteiger partial charge in [-0.05, 0) is 64.3 Å². The van der Waals surface area contributed by atoms with Gasteiger partial charge in [0, 0.05) is 60.8 Å². The smallest absolute Gasteiger partial charge is 0.419 e. The Hall–Kier alpha value is -4.92. The molecule has 3 aromatic heterocycles. The van der Waals surface area contributed by atoms with Gasteiger partial charge in [-0.1, -0.05) is 30.3 Å². The topological polar surface area (TPSA) is 124 Å². The van der Waals surface area contributed by atoms with Crippen LogP contribution in [0.1, 0.15) is 44.9 Å². The van der Waals surface area contributed by atoms with E-state index in [1.807, 2.05) is 6.92 Å². The van der Waals surface area contributed by atoms with Gasteiger partial charge in [-0.3, -0.25) is 4.68 Å². The van der Waals surface area contributed by atoms with Crippen molar-refractivity contribution in [2.75, 3.05) is 18.4 Å². The molecular formula is C34H36F3N7O4S. The van der Waals surface area contributed by atoms with Crippen LogP contribution in [0.25, 0.3) is 33.3 Å². The third-order valence-electron chi connectivity index (χ3n) is 8.37. The largest absolute Gasteiger partial charge is 0.444 e. The second-order valence-electron chi connectivity index (χ2n) is 13.0. The van der Waals surface area contributed by atoms with Crippen LogP contribution in [0.4, 0.5) is 23.9 Å². The first kappa shape index (κ1) is 34.0. The second-order valence-corrected chi connectivity index (χ2v) is 14.8. The lowest BCUT2D eigenvalue weighted by molar-refractivity contribution is -0.137. The van der Waals surface area contributed by atoms with Crippen LogP contribution in [-0.4, -0.2) is 67.9 Å². The van der Waals surface area contributed by atoms with E-state index in [0.29, 0.717) is 31.1 Å². The Kier molecular flexibility index (Phi) is 8.67. The van der Waals surface area contributed by atoms with E-state index in [1.165, 1.54) is 18.3 Å². The summed E-state index contributed by atoms with van der Waals surface area (Å²) in [7, 11) is -2.48. The number of nitrogens with one attached hydrogen (secondary N) is 1. The van der Waals surface area contributed by atoms with E-state index in [4.69, 9.17) is 4.74 Å². The maximum Gasteiger partial charge on any atom is 0.419 e. The van der Waals surface area contributed by atoms with Gasteiger partial charge in [0.25, 0.3) is 10.0 Å². The molecule has 1 aliphatic rings. The van der Waals surface area contributed by atoms with Crippen molar-refractivity contribution in [1.29, 1.82) is 0 Å². The number of nitrogens with zero attached hydrogens (tertiary/aromatic N) is 6. The molecule has 4 heterocycles. The zero-order valence-corrected chi connectivity index (χ0v) is 28.4. The van der Waals surface area contributed by atoms with E-state index in [-0.39, 0.29) is 39.9 Å². The molecule has 0 aliphatic carbocycles. The number of aryl methyl sites for hydroxylation is 1. The van der Waals surface area contributed by atoms with E-state index in [2.05, 4.69) is 20.4 Å². The highest BCUT2D eigenvalue weighted by atomic mass is 32.2. The number of alkyl halides is 3. The van der Waals surface area contributed by atoms with E-state index in [1.54, 1.807) is 80.0 Å². The molecule has 49 heavy (non-hydrogen) atoms. The molecule has 2 aromatic carbocycles. The summed E-state index contributed by atoms with van der Waals surface area (Å²) in [4.78, 5) is 22.6. The summed E-state index contributed by atoms with van der Waals surface area (Å²) in [6, 6.07) is 12.2. The van der Waals surface area contributed by atoms with Crippen molar-refractivity contribution in [1.82, 2.24) is 28.6 Å². The number of benzene rings is 2. The van der Waals surface area contributed by atoms with Crippen molar-refractivity contribution in [3.63, 3.8) is 0 Å². The van der Waals surface area contributed by atoms with Crippen molar-refractivity contribution in [3.05, 3.63) is 78.4 Å². The summed E-state index contributed by atoms with van der Waals surface area (Å²) in [5, 5.41) is 7.62. The van der Waals surface area contributed by atoms with Crippen LogP contribution in [0.3, 0.4) is 0 Å². The standard InChI is InChI=1S/C34H36F3N7O4S/c1-21-26(17-39-42(21)5)22-13-14-25-27(20-44(29(25)16-22)49(46,47)24-11-7-6-8-12-24)30-28(34(35,36)37)18-38-31(41-30)40-23-10-9-15-43(19-23)32(45)48-33(2,3)4/h6-8,11-14,16-18,20,23H,9-10,15,19H2,1-5H3,(H,38,40,41)/t23-/m0/s1. The molecule has 5 aromatic rings. The van der Waals surface area contributed by atoms with Crippen molar-refractivity contribution in [2.24, 2.45) is 7.05 Å². The number of ether oxygens (including phenoxy) is 1. The number of fused-ring (bicyclic) bond motifs is 1. The number of halogens is 3. The summed E-state index contributed by atoms with van der Waals surface area (Å²) in [5.74, 6) is -0.0894. The van der Waals surface area contributed by atoms with Gasteiger partial charge in [0.2, 0.25) is 5.95 Å². The van der Waals surface area contributed by atoms with E-state index >= 15 is 0 Å². The summed E-state index contributed by atoms with van der Waals surface area (Å²) in [6.45, 7) is 7.88. The average Bonchev–Trinajstić information content (AvgIpc) is 3.59. The predicted octanol–water partition coefficient (Wildman–Crippen LogP) is 6.87. The molecule has 15 heteroatoms. The van der Waals surface area contributed by atoms with E-state index < -0.39 is 39.2 Å². The maximum absolute atomic E-state index is 14.5. The molecule has 1 amide bonds. The number of hydrogen-bond acceptors (Lipinski definition) is 8. The van der Waals surface area contributed by atoms with Crippen LogP contribution in [0, 0.1) is 6.92 Å². The SMILES string of the molecule is Cc1c(-c2ccc3c(-c4nc(N[C@H]5CCCN(C(=O)OC(C)(C)C)C5)ncc4C(F)(F)F)cn(S(=O)(=O)c4ccccc4)c3c2)cnn1C. The lowest BCUT2D eigenvalue weighted by Gasteiger charge is -2.34. The van der Waals surface area contributed by atoms with Crippen LogP contribution in [0.5, 0.6) is 0 Å². The van der Waals surface area contributed by atoms with Gasteiger partial charge in [0.05, 0.1) is 22.3 Å². The van der Waals surface area contributed by atoms with Crippen molar-refractivity contribution in [3.8, 4) is 22.4 Å². The number of carbonyl (C=O) groups excluding carboxylic acids is 1. The number of rotatable bonds is 6. The molecule has 0 unspecified atom stereocenters. The fraction of sp³-hybridized carbons (Fsp3) is 0.353. The number of hydrogen-bond donors (Lipinski definition) is 1. The predicted molar refractivity (Wildman–Crippen MR) is 178 cm³/mol. The number of likely N-dealkylation sites (tertiary alicyclic amines) is 1. The number of anilines is 1. The summed E-state index contributed by atoms with van der Waals surface area (Å²) in [6.07, 6.45) is -0.568. The molecule has 6 rings (SSSR count). The highest BCUT2D eigenvalue weighted by molar-refractivity contribution is 7.90. The minimum Gasteiger partial charge on any atom is -0.444 e. The van der Waals surface area contributed by atoms with Crippen molar-refractivity contribution < 1.29 is 31.1 Å². The number of amides is 1. The Morgan fingerprint density at radius 3 is 2.43 bits per heavy atom. The number of carbonyl (C=O) groups is 1. The highest BCUT2D eigenvalue weighted by Gasteiger charge is 2.37. The van der Waals surface area contributed by atoms with Gasteiger partial charge in [0.1, 0.15) is 11.2 Å². The van der Waals surface area contributed by atoms with Crippen LogP contribution >= 0.6 is 0 Å². The van der Waals surface area contributed by atoms with Gasteiger partial charge in [0.15, 0.2) is 0 Å². The number of piperidine rings is 1. The van der Waals surface area contributed by atoms with Gasteiger partial charge in [-0.2, -0.15) is 18.3 Å². The minimum atomic E-state index is -4.86. The Morgan fingerprint density at radius 1 is 1.04 bits per heavy atom. The van der Waals surface area contributed by atoms with Crippen molar-refractivity contribution >= 4 is 33.0 Å². The number of aromatic nitrogens is 5. The Labute approximate surface area is 281 Å². The molecule has 1 N–H and O–H groups in total. The Morgan fingerprint density at radius 2 is 1.78 bits per heavy atom. The van der Waals surface area contributed by atoms with Gasteiger partial charge >= 0.3 is 12.3 Å². The lowest BCUT2D eigenvalue weighted by atomic mass is 10.0. The zero-order chi connectivity index (χ0) is 35.3. The first-order valence-corrected chi connectivity index (χ1v) is 17.1. The normalized spacial score (nSPS) is 15.8. The first-order valence-electron chi connectivity index (χ1n) is 15.7. The average molecular weight is 696 g/mol. The Bertz CT molecular complexity index is 2140. The van der Waals surface area contributed by atoms with Gasteiger partial charge in [-0.15, -0.1) is 0 Å². The molecule has 258 valence electrons. The van der Waals surface area contributed by atoms with Crippen LogP contribution < -0.4 is 5.32 Å². The molecule has 1 saturated heterocycles. The molecule has 1 aliphatic heterocycles. The molecule has 0 bridgehead atoms. The fourth-order valence-electron chi connectivity index (χ4n) is 5.88. The third-order valence-corrected chi connectivity index (χ3v) is 10.1. The lowest BCUT2D eigenvalue weighted by Crippen LogP contribution is -2.47. The third kappa shape index (κ3) is 6.84. The molecule has 1 fully saturated rings. The monoisotopic (exact) mass is 695 g/mol. The molecular weight excluding hydrogens is 659 g/mol. The van der Waals surface area contributed by atoms with Crippen LogP contribution in [0.2, 0.25) is 0 Å². The Balaban J connectivity index is 1.47. The molecule has 0 radical (unpaired) electrons. The van der Waals surface area contributed by atoms with E-state index in [9.17, 15) is 26.4 Å². The summed E-state index contributed by atoms with van der Waals surface area (Å²) < 4.78 is 79.9.